The minimum atomic E-state index is -0.402. The van der Waals surface area contributed by atoms with E-state index in [9.17, 15) is 4.79 Å². The van der Waals surface area contributed by atoms with Gasteiger partial charge >= 0.3 is 0 Å². The Morgan fingerprint density at radius 1 is 1.17 bits per heavy atom. The predicted octanol–water partition coefficient (Wildman–Crippen LogP) is 3.95. The first-order valence-electron chi connectivity index (χ1n) is 9.98. The summed E-state index contributed by atoms with van der Waals surface area (Å²) >= 11 is 1.44. The third-order valence-electron chi connectivity index (χ3n) is 5.03. The van der Waals surface area contributed by atoms with Crippen LogP contribution >= 0.6 is 11.8 Å². The summed E-state index contributed by atoms with van der Waals surface area (Å²) < 4.78 is 7.12. The quantitative estimate of drug-likeness (QED) is 0.625. The minimum absolute atomic E-state index is 0.0884. The molecule has 0 spiro atoms. The fourth-order valence-corrected chi connectivity index (χ4v) is 4.49. The third kappa shape index (κ3) is 4.14. The first kappa shape index (κ1) is 20.3. The molecule has 1 aromatic heterocycles. The van der Waals surface area contributed by atoms with Crippen LogP contribution in [0.4, 0.5) is 5.69 Å². The number of methoxy groups -OCH3 is 1. The summed E-state index contributed by atoms with van der Waals surface area (Å²) in [5.41, 5.74) is 6.44. The molecule has 0 bridgehead atoms. The Kier molecular flexibility index (Phi) is 5.94. The van der Waals surface area contributed by atoms with E-state index in [-0.39, 0.29) is 11.9 Å². The molecule has 2 heterocycles. The van der Waals surface area contributed by atoms with Crippen LogP contribution in [0.25, 0.3) is 0 Å². The van der Waals surface area contributed by atoms with Crippen molar-refractivity contribution in [1.29, 1.82) is 0 Å². The number of thioether (sulfide) groups is 1. The van der Waals surface area contributed by atoms with Crippen molar-refractivity contribution >= 4 is 23.4 Å². The van der Waals surface area contributed by atoms with Gasteiger partial charge in [0.1, 0.15) is 11.0 Å². The molecule has 2 atom stereocenters. The molecule has 0 aliphatic carbocycles. The second kappa shape index (κ2) is 8.79. The van der Waals surface area contributed by atoms with E-state index in [2.05, 4.69) is 59.1 Å². The number of fused-ring (bicyclic) bond motifs is 1. The SMILES string of the molecule is CCCc1nnc2n1N[C@H](c1ccc(C)cc1)[C@H](C(=O)Nc1ccc(OC)cc1)S2. The van der Waals surface area contributed by atoms with Gasteiger partial charge in [-0.25, -0.2) is 4.68 Å². The lowest BCUT2D eigenvalue weighted by atomic mass is 10.0. The van der Waals surface area contributed by atoms with Crippen molar-refractivity contribution in [1.82, 2.24) is 14.9 Å². The molecule has 1 amide bonds. The van der Waals surface area contributed by atoms with Crippen LogP contribution < -0.4 is 15.5 Å². The summed E-state index contributed by atoms with van der Waals surface area (Å²) in [5.74, 6) is 1.54. The second-order valence-corrected chi connectivity index (χ2v) is 8.37. The van der Waals surface area contributed by atoms with Gasteiger partial charge in [0, 0.05) is 12.1 Å². The number of aryl methyl sites for hydroxylation is 2. The highest BCUT2D eigenvalue weighted by Gasteiger charge is 2.37. The Bertz CT molecular complexity index is 1020. The maximum Gasteiger partial charge on any atom is 0.240 e. The Morgan fingerprint density at radius 3 is 2.57 bits per heavy atom. The molecule has 2 N–H and O–H groups in total. The second-order valence-electron chi connectivity index (χ2n) is 7.26. The number of hydrogen-bond acceptors (Lipinski definition) is 6. The summed E-state index contributed by atoms with van der Waals surface area (Å²) in [4.78, 5) is 13.3. The Balaban J connectivity index is 1.63. The molecule has 1 aliphatic heterocycles. The summed E-state index contributed by atoms with van der Waals surface area (Å²) in [7, 11) is 1.62. The smallest absolute Gasteiger partial charge is 0.240 e. The van der Waals surface area contributed by atoms with Crippen molar-refractivity contribution in [2.75, 3.05) is 17.9 Å². The summed E-state index contributed by atoms with van der Waals surface area (Å²) in [6.45, 7) is 4.16. The van der Waals surface area contributed by atoms with Crippen LogP contribution in [0.5, 0.6) is 5.75 Å². The summed E-state index contributed by atoms with van der Waals surface area (Å²) in [6.07, 6.45) is 1.80. The number of carbonyl (C=O) groups excluding carboxylic acids is 1. The standard InChI is InChI=1S/C22H25N5O2S/c1-4-5-18-24-25-22-27(18)26-19(15-8-6-14(2)7-9-15)20(30-22)21(28)23-16-10-12-17(29-3)13-11-16/h6-13,19-20,26H,4-5H2,1-3H3,(H,23,28)/t19-,20-/m1/s1. The highest BCUT2D eigenvalue weighted by molar-refractivity contribution is 8.00. The number of ether oxygens (including phenoxy) is 1. The van der Waals surface area contributed by atoms with E-state index in [4.69, 9.17) is 4.74 Å². The molecule has 1 aliphatic rings. The van der Waals surface area contributed by atoms with E-state index in [1.807, 2.05) is 28.9 Å². The molecule has 0 fully saturated rings. The van der Waals surface area contributed by atoms with Gasteiger partial charge in [0.05, 0.1) is 13.2 Å². The van der Waals surface area contributed by atoms with Gasteiger partial charge < -0.3 is 15.5 Å². The van der Waals surface area contributed by atoms with Crippen LogP contribution in [-0.2, 0) is 11.2 Å². The monoisotopic (exact) mass is 423 g/mol. The van der Waals surface area contributed by atoms with Crippen molar-refractivity contribution < 1.29 is 9.53 Å². The Hall–Kier alpha value is -3.00. The topological polar surface area (TPSA) is 81.1 Å². The van der Waals surface area contributed by atoms with Crippen LogP contribution in [0.3, 0.4) is 0 Å². The van der Waals surface area contributed by atoms with Crippen molar-refractivity contribution in [3.05, 3.63) is 65.5 Å². The van der Waals surface area contributed by atoms with Crippen LogP contribution in [-0.4, -0.2) is 33.1 Å². The van der Waals surface area contributed by atoms with Gasteiger partial charge in [-0.2, -0.15) is 0 Å². The van der Waals surface area contributed by atoms with Gasteiger partial charge in [-0.1, -0.05) is 48.5 Å². The lowest BCUT2D eigenvalue weighted by Gasteiger charge is -2.33. The van der Waals surface area contributed by atoms with Crippen molar-refractivity contribution in [3.63, 3.8) is 0 Å². The van der Waals surface area contributed by atoms with Crippen LogP contribution in [0.15, 0.2) is 53.7 Å². The van der Waals surface area contributed by atoms with E-state index in [0.717, 1.165) is 35.7 Å². The largest absolute Gasteiger partial charge is 0.497 e. The number of hydrogen-bond donors (Lipinski definition) is 2. The number of rotatable bonds is 6. The molecular weight excluding hydrogens is 398 g/mol. The molecule has 8 heteroatoms. The molecule has 2 aromatic carbocycles. The lowest BCUT2D eigenvalue weighted by molar-refractivity contribution is -0.116. The zero-order valence-electron chi connectivity index (χ0n) is 17.3. The lowest BCUT2D eigenvalue weighted by Crippen LogP contribution is -2.41. The van der Waals surface area contributed by atoms with Gasteiger partial charge in [0.15, 0.2) is 5.82 Å². The number of aromatic nitrogens is 3. The number of carbonyl (C=O) groups is 1. The first-order chi connectivity index (χ1) is 14.6. The molecule has 0 unspecified atom stereocenters. The number of benzene rings is 2. The number of anilines is 1. The predicted molar refractivity (Wildman–Crippen MR) is 119 cm³/mol. The molecule has 0 radical (unpaired) electrons. The summed E-state index contributed by atoms with van der Waals surface area (Å²) in [6, 6.07) is 15.4. The molecule has 4 rings (SSSR count). The van der Waals surface area contributed by atoms with Gasteiger partial charge in [-0.15, -0.1) is 10.2 Å². The van der Waals surface area contributed by atoms with E-state index >= 15 is 0 Å². The molecule has 156 valence electrons. The molecule has 30 heavy (non-hydrogen) atoms. The van der Waals surface area contributed by atoms with Crippen LogP contribution in [0.2, 0.25) is 0 Å². The number of amides is 1. The van der Waals surface area contributed by atoms with E-state index in [1.54, 1.807) is 7.11 Å². The zero-order chi connectivity index (χ0) is 21.1. The number of nitrogens with one attached hydrogen (secondary N) is 2. The Morgan fingerprint density at radius 2 is 1.90 bits per heavy atom. The fraction of sp³-hybridized carbons (Fsp3) is 0.318. The van der Waals surface area contributed by atoms with E-state index in [0.29, 0.717) is 5.16 Å². The average molecular weight is 424 g/mol. The molecule has 0 saturated carbocycles. The van der Waals surface area contributed by atoms with Gasteiger partial charge in [0.2, 0.25) is 11.1 Å². The average Bonchev–Trinajstić information content (AvgIpc) is 3.16. The Labute approximate surface area is 180 Å². The highest BCUT2D eigenvalue weighted by atomic mass is 32.2. The van der Waals surface area contributed by atoms with Crippen molar-refractivity contribution in [2.45, 2.75) is 43.1 Å². The van der Waals surface area contributed by atoms with E-state index < -0.39 is 5.25 Å². The molecule has 7 nitrogen and oxygen atoms in total. The first-order valence-corrected chi connectivity index (χ1v) is 10.9. The minimum Gasteiger partial charge on any atom is -0.497 e. The molecule has 0 saturated heterocycles. The zero-order valence-corrected chi connectivity index (χ0v) is 18.1. The maximum absolute atomic E-state index is 13.3. The van der Waals surface area contributed by atoms with Gasteiger partial charge in [-0.3, -0.25) is 4.79 Å². The van der Waals surface area contributed by atoms with Crippen LogP contribution in [0, 0.1) is 6.92 Å². The molecular formula is C22H25N5O2S. The fourth-order valence-electron chi connectivity index (χ4n) is 3.40. The maximum atomic E-state index is 13.3. The summed E-state index contributed by atoms with van der Waals surface area (Å²) in [5, 5.41) is 11.9. The van der Waals surface area contributed by atoms with E-state index in [1.165, 1.54) is 17.3 Å². The molecule has 3 aromatic rings. The van der Waals surface area contributed by atoms with Gasteiger partial charge in [-0.05, 0) is 43.2 Å². The van der Waals surface area contributed by atoms with Crippen molar-refractivity contribution in [3.8, 4) is 5.75 Å². The van der Waals surface area contributed by atoms with Crippen molar-refractivity contribution in [2.24, 2.45) is 0 Å². The van der Waals surface area contributed by atoms with Gasteiger partial charge in [0.25, 0.3) is 0 Å². The van der Waals surface area contributed by atoms with Crippen LogP contribution in [0.1, 0.15) is 36.3 Å². The highest BCUT2D eigenvalue weighted by Crippen LogP contribution is 2.37. The third-order valence-corrected chi connectivity index (χ3v) is 6.24. The number of nitrogens with zero attached hydrogens (tertiary/aromatic N) is 3. The normalized spacial score (nSPS) is 17.7.